The summed E-state index contributed by atoms with van der Waals surface area (Å²) >= 11 is 0. The zero-order chi connectivity index (χ0) is 14.1. The molecule has 0 fully saturated rings. The second kappa shape index (κ2) is 8.39. The van der Waals surface area contributed by atoms with Crippen molar-refractivity contribution in [2.24, 2.45) is 0 Å². The van der Waals surface area contributed by atoms with Gasteiger partial charge in [0.2, 0.25) is 0 Å². The molecule has 1 aromatic heterocycles. The number of carbonyl (C=O) groups excluding carboxylic acids is 1. The highest BCUT2D eigenvalue weighted by molar-refractivity contribution is 5.92. The fourth-order valence-electron chi connectivity index (χ4n) is 1.50. The second-order valence-corrected chi connectivity index (χ2v) is 3.95. The second-order valence-electron chi connectivity index (χ2n) is 3.95. The quantitative estimate of drug-likeness (QED) is 0.600. The molecular weight excluding hydrogens is 248 g/mol. The minimum Gasteiger partial charge on any atom is -0.395 e. The van der Waals surface area contributed by atoms with Crippen LogP contribution in [0.5, 0.6) is 0 Å². The van der Waals surface area contributed by atoms with Crippen LogP contribution in [-0.2, 0) is 0 Å². The molecule has 3 N–H and O–H groups in total. The first-order valence-corrected chi connectivity index (χ1v) is 6.29. The molecule has 0 aliphatic heterocycles. The van der Waals surface area contributed by atoms with Gasteiger partial charge in [0, 0.05) is 19.6 Å². The van der Waals surface area contributed by atoms with Gasteiger partial charge in [0.15, 0.2) is 0 Å². The molecule has 106 valence electrons. The molecule has 1 amide bonds. The van der Waals surface area contributed by atoms with E-state index >= 15 is 0 Å². The number of amides is 1. The molecule has 0 atom stereocenters. The van der Waals surface area contributed by atoms with Gasteiger partial charge in [-0.3, -0.25) is 4.79 Å². The Labute approximate surface area is 112 Å². The first kappa shape index (κ1) is 15.3. The molecule has 0 bridgehead atoms. The van der Waals surface area contributed by atoms with Crippen LogP contribution < -0.4 is 5.32 Å². The van der Waals surface area contributed by atoms with Crippen LogP contribution in [0, 0.1) is 0 Å². The molecule has 7 nitrogen and oxygen atoms in total. The summed E-state index contributed by atoms with van der Waals surface area (Å²) in [6, 6.07) is 0. The Morgan fingerprint density at radius 1 is 1.26 bits per heavy atom. The third-order valence-electron chi connectivity index (χ3n) is 2.45. The van der Waals surface area contributed by atoms with Crippen LogP contribution in [0.25, 0.3) is 0 Å². The van der Waals surface area contributed by atoms with Crippen LogP contribution in [0.3, 0.4) is 0 Å². The van der Waals surface area contributed by atoms with Gasteiger partial charge < -0.3 is 20.4 Å². The highest BCUT2D eigenvalue weighted by Gasteiger charge is 2.16. The predicted octanol–water partition coefficient (Wildman–Crippen LogP) is -0.275. The van der Waals surface area contributed by atoms with Crippen molar-refractivity contribution in [2.75, 3.05) is 38.2 Å². The first-order valence-electron chi connectivity index (χ1n) is 6.29. The summed E-state index contributed by atoms with van der Waals surface area (Å²) in [4.78, 5) is 21.5. The monoisotopic (exact) mass is 268 g/mol. The predicted molar refractivity (Wildman–Crippen MR) is 70.9 cm³/mol. The van der Waals surface area contributed by atoms with Crippen molar-refractivity contribution >= 4 is 11.7 Å². The highest BCUT2D eigenvalue weighted by Crippen LogP contribution is 2.04. The summed E-state index contributed by atoms with van der Waals surface area (Å²) in [5.74, 6) is 0.270. The summed E-state index contributed by atoms with van der Waals surface area (Å²) in [6.45, 7) is 2.85. The number of rotatable bonds is 8. The van der Waals surface area contributed by atoms with Crippen LogP contribution in [0.1, 0.15) is 23.8 Å². The SMILES string of the molecule is CCCNc1cnc(C(=O)N(CCO)CCO)cn1. The van der Waals surface area contributed by atoms with E-state index in [9.17, 15) is 4.79 Å². The van der Waals surface area contributed by atoms with Gasteiger partial charge in [-0.15, -0.1) is 0 Å². The van der Waals surface area contributed by atoms with E-state index in [1.54, 1.807) is 0 Å². The lowest BCUT2D eigenvalue weighted by atomic mass is 10.3. The van der Waals surface area contributed by atoms with Gasteiger partial charge in [-0.1, -0.05) is 6.92 Å². The van der Waals surface area contributed by atoms with E-state index in [2.05, 4.69) is 15.3 Å². The zero-order valence-corrected chi connectivity index (χ0v) is 11.0. The standard InChI is InChI=1S/C12H20N4O3/c1-2-3-13-11-9-14-10(8-15-11)12(19)16(4-6-17)5-7-18/h8-9,17-18H,2-7H2,1H3,(H,13,15). The van der Waals surface area contributed by atoms with Crippen LogP contribution in [-0.4, -0.2) is 63.8 Å². The van der Waals surface area contributed by atoms with Crippen molar-refractivity contribution in [1.29, 1.82) is 0 Å². The molecule has 1 aromatic rings. The molecule has 0 radical (unpaired) electrons. The average molecular weight is 268 g/mol. The topological polar surface area (TPSA) is 98.6 Å². The molecule has 1 heterocycles. The third kappa shape index (κ3) is 4.80. The zero-order valence-electron chi connectivity index (χ0n) is 11.0. The van der Waals surface area contributed by atoms with Crippen LogP contribution in [0.2, 0.25) is 0 Å². The van der Waals surface area contributed by atoms with Crippen LogP contribution in [0.4, 0.5) is 5.82 Å². The maximum absolute atomic E-state index is 12.0. The Kier molecular flexibility index (Phi) is 6.76. The Morgan fingerprint density at radius 2 is 1.95 bits per heavy atom. The van der Waals surface area contributed by atoms with E-state index in [0.29, 0.717) is 5.82 Å². The average Bonchev–Trinajstić information content (AvgIpc) is 2.44. The maximum Gasteiger partial charge on any atom is 0.274 e. The number of aliphatic hydroxyl groups excluding tert-OH is 2. The summed E-state index contributed by atoms with van der Waals surface area (Å²) in [6.07, 6.45) is 3.87. The molecule has 0 aromatic carbocycles. The summed E-state index contributed by atoms with van der Waals surface area (Å²) in [7, 11) is 0. The maximum atomic E-state index is 12.0. The van der Waals surface area contributed by atoms with E-state index in [4.69, 9.17) is 10.2 Å². The lowest BCUT2D eigenvalue weighted by molar-refractivity contribution is 0.0678. The van der Waals surface area contributed by atoms with E-state index < -0.39 is 0 Å². The van der Waals surface area contributed by atoms with Gasteiger partial charge in [0.05, 0.1) is 25.6 Å². The number of anilines is 1. The minimum atomic E-state index is -0.349. The number of nitrogens with one attached hydrogen (secondary N) is 1. The Balaban J connectivity index is 2.69. The van der Waals surface area contributed by atoms with E-state index in [1.807, 2.05) is 6.92 Å². The first-order chi connectivity index (χ1) is 9.22. The van der Waals surface area contributed by atoms with Crippen molar-refractivity contribution < 1.29 is 15.0 Å². The van der Waals surface area contributed by atoms with Crippen molar-refractivity contribution in [3.63, 3.8) is 0 Å². The van der Waals surface area contributed by atoms with Crippen LogP contribution in [0.15, 0.2) is 12.4 Å². The van der Waals surface area contributed by atoms with Gasteiger partial charge >= 0.3 is 0 Å². The van der Waals surface area contributed by atoms with Crippen molar-refractivity contribution in [3.8, 4) is 0 Å². The fourth-order valence-corrected chi connectivity index (χ4v) is 1.50. The number of carbonyl (C=O) groups is 1. The van der Waals surface area contributed by atoms with Gasteiger partial charge in [0.25, 0.3) is 5.91 Å². The molecule has 19 heavy (non-hydrogen) atoms. The fraction of sp³-hybridized carbons (Fsp3) is 0.583. The molecular formula is C12H20N4O3. The van der Waals surface area contributed by atoms with Gasteiger partial charge in [-0.05, 0) is 6.42 Å². The molecule has 0 unspecified atom stereocenters. The third-order valence-corrected chi connectivity index (χ3v) is 2.45. The Hall–Kier alpha value is -1.73. The lowest BCUT2D eigenvalue weighted by Gasteiger charge is -2.19. The molecule has 1 rings (SSSR count). The summed E-state index contributed by atoms with van der Waals surface area (Å²) < 4.78 is 0. The van der Waals surface area contributed by atoms with Crippen molar-refractivity contribution in [1.82, 2.24) is 14.9 Å². The molecule has 0 aliphatic rings. The van der Waals surface area contributed by atoms with E-state index in [1.165, 1.54) is 17.3 Å². The van der Waals surface area contributed by atoms with Gasteiger partial charge in [-0.25, -0.2) is 9.97 Å². The normalized spacial score (nSPS) is 10.3. The van der Waals surface area contributed by atoms with Gasteiger partial charge in [0.1, 0.15) is 11.5 Å². The largest absolute Gasteiger partial charge is 0.395 e. The number of nitrogens with zero attached hydrogens (tertiary/aromatic N) is 3. The van der Waals surface area contributed by atoms with Crippen molar-refractivity contribution in [3.05, 3.63) is 18.1 Å². The lowest BCUT2D eigenvalue weighted by Crippen LogP contribution is -2.36. The van der Waals surface area contributed by atoms with E-state index in [0.717, 1.165) is 13.0 Å². The number of aliphatic hydroxyl groups is 2. The van der Waals surface area contributed by atoms with Crippen molar-refractivity contribution in [2.45, 2.75) is 13.3 Å². The Bertz CT molecular complexity index is 377. The summed E-state index contributed by atoms with van der Waals surface area (Å²) in [5, 5.41) is 20.8. The van der Waals surface area contributed by atoms with E-state index in [-0.39, 0.29) is 37.9 Å². The molecule has 0 saturated carbocycles. The summed E-state index contributed by atoms with van der Waals surface area (Å²) in [5.41, 5.74) is 0.198. The number of hydrogen-bond acceptors (Lipinski definition) is 6. The molecule has 7 heteroatoms. The number of hydrogen-bond donors (Lipinski definition) is 3. The minimum absolute atomic E-state index is 0.157. The number of aromatic nitrogens is 2. The smallest absolute Gasteiger partial charge is 0.274 e. The van der Waals surface area contributed by atoms with Gasteiger partial charge in [-0.2, -0.15) is 0 Å². The molecule has 0 spiro atoms. The molecule has 0 saturated heterocycles. The molecule has 0 aliphatic carbocycles. The van der Waals surface area contributed by atoms with Crippen LogP contribution >= 0.6 is 0 Å². The Morgan fingerprint density at radius 3 is 2.42 bits per heavy atom. The highest BCUT2D eigenvalue weighted by atomic mass is 16.3.